The second kappa shape index (κ2) is 6.33. The molecule has 0 saturated carbocycles. The maximum absolute atomic E-state index is 6.05. The molecule has 0 N–H and O–H groups in total. The van der Waals surface area contributed by atoms with Crippen LogP contribution in [-0.2, 0) is 9.31 Å². The molecule has 0 spiro atoms. The molecule has 0 aromatic heterocycles. The van der Waals surface area contributed by atoms with Crippen molar-refractivity contribution >= 4 is 18.8 Å². The van der Waals surface area contributed by atoms with Gasteiger partial charge in [0.15, 0.2) is 0 Å². The Kier molecular flexibility index (Phi) is 4.90. The minimum Gasteiger partial charge on any atom is -0.399 e. The summed E-state index contributed by atoms with van der Waals surface area (Å²) in [6, 6.07) is 8.25. The average Bonchev–Trinajstić information content (AvgIpc) is 2.64. The summed E-state index contributed by atoms with van der Waals surface area (Å²) in [5, 5.41) is 0. The van der Waals surface area contributed by atoms with Crippen LogP contribution in [0.1, 0.15) is 53.0 Å². The van der Waals surface area contributed by atoms with E-state index >= 15 is 0 Å². The lowest BCUT2D eigenvalue weighted by Crippen LogP contribution is -2.41. The van der Waals surface area contributed by atoms with Gasteiger partial charge in [-0.1, -0.05) is 37.6 Å². The van der Waals surface area contributed by atoms with Crippen LogP contribution in [0, 0.1) is 0 Å². The van der Waals surface area contributed by atoms with Crippen LogP contribution in [0.5, 0.6) is 0 Å². The van der Waals surface area contributed by atoms with Crippen LogP contribution in [-0.4, -0.2) is 31.1 Å². The molecule has 0 amide bonds. The van der Waals surface area contributed by atoms with Gasteiger partial charge in [0, 0.05) is 12.8 Å². The zero-order valence-electron chi connectivity index (χ0n) is 13.8. The van der Waals surface area contributed by atoms with Gasteiger partial charge in [0.2, 0.25) is 0 Å². The van der Waals surface area contributed by atoms with E-state index in [1.54, 1.807) is 0 Å². The minimum absolute atomic E-state index is 0.291. The molecule has 21 heavy (non-hydrogen) atoms. The standard InChI is InChI=1S/C17H26BNO2/c1-6-7-12-19-13-14-8-10-15(11-9-14)18-20-16(2,3)17(4,5)21-18/h8-11,13H,6-7,12H2,1-5H3. The Balaban J connectivity index is 2.02. The van der Waals surface area contributed by atoms with Gasteiger partial charge in [-0.2, -0.15) is 0 Å². The van der Waals surface area contributed by atoms with Crippen molar-refractivity contribution in [3.63, 3.8) is 0 Å². The van der Waals surface area contributed by atoms with Gasteiger partial charge in [0.1, 0.15) is 0 Å². The van der Waals surface area contributed by atoms with Crippen LogP contribution in [0.3, 0.4) is 0 Å². The molecule has 1 aliphatic rings. The van der Waals surface area contributed by atoms with Gasteiger partial charge >= 0.3 is 7.12 Å². The summed E-state index contributed by atoms with van der Waals surface area (Å²) in [5.41, 5.74) is 1.58. The van der Waals surface area contributed by atoms with E-state index in [2.05, 4.69) is 63.9 Å². The van der Waals surface area contributed by atoms with Crippen molar-refractivity contribution in [3.05, 3.63) is 29.8 Å². The molecule has 1 saturated heterocycles. The molecule has 0 unspecified atom stereocenters. The number of rotatable bonds is 5. The van der Waals surface area contributed by atoms with Crippen LogP contribution in [0.4, 0.5) is 0 Å². The van der Waals surface area contributed by atoms with Gasteiger partial charge < -0.3 is 9.31 Å². The fourth-order valence-corrected chi connectivity index (χ4v) is 2.14. The maximum atomic E-state index is 6.05. The average molecular weight is 287 g/mol. The first kappa shape index (κ1) is 16.2. The number of unbranched alkanes of at least 4 members (excludes halogenated alkanes) is 1. The van der Waals surface area contributed by atoms with E-state index in [0.29, 0.717) is 0 Å². The summed E-state index contributed by atoms with van der Waals surface area (Å²) < 4.78 is 12.1. The maximum Gasteiger partial charge on any atom is 0.494 e. The number of aliphatic imine (C=N–C) groups is 1. The molecule has 1 aliphatic heterocycles. The predicted molar refractivity (Wildman–Crippen MR) is 89.5 cm³/mol. The Bertz CT molecular complexity index is 478. The van der Waals surface area contributed by atoms with E-state index in [1.165, 1.54) is 6.42 Å². The summed E-state index contributed by atoms with van der Waals surface area (Å²) in [4.78, 5) is 4.42. The normalized spacial score (nSPS) is 20.3. The summed E-state index contributed by atoms with van der Waals surface area (Å²) >= 11 is 0. The summed E-state index contributed by atoms with van der Waals surface area (Å²) in [5.74, 6) is 0. The lowest BCUT2D eigenvalue weighted by atomic mass is 9.79. The van der Waals surface area contributed by atoms with E-state index in [0.717, 1.165) is 24.0 Å². The van der Waals surface area contributed by atoms with Crippen molar-refractivity contribution in [3.8, 4) is 0 Å². The molecular formula is C17H26BNO2. The van der Waals surface area contributed by atoms with Crippen LogP contribution >= 0.6 is 0 Å². The number of benzene rings is 1. The van der Waals surface area contributed by atoms with Gasteiger partial charge in [-0.3, -0.25) is 4.99 Å². The zero-order chi connectivity index (χ0) is 15.5. The van der Waals surface area contributed by atoms with E-state index in [4.69, 9.17) is 9.31 Å². The molecule has 0 aliphatic carbocycles. The monoisotopic (exact) mass is 287 g/mol. The van der Waals surface area contributed by atoms with Gasteiger partial charge in [-0.25, -0.2) is 0 Å². The van der Waals surface area contributed by atoms with E-state index in [9.17, 15) is 0 Å². The Morgan fingerprint density at radius 3 is 2.14 bits per heavy atom. The summed E-state index contributed by atoms with van der Waals surface area (Å²) in [7, 11) is -0.291. The third-order valence-corrected chi connectivity index (χ3v) is 4.34. The highest BCUT2D eigenvalue weighted by Gasteiger charge is 2.51. The Morgan fingerprint density at radius 2 is 1.62 bits per heavy atom. The number of nitrogens with zero attached hydrogens (tertiary/aromatic N) is 1. The molecule has 1 fully saturated rings. The molecule has 4 heteroatoms. The molecule has 114 valence electrons. The summed E-state index contributed by atoms with van der Waals surface area (Å²) in [6.07, 6.45) is 4.25. The van der Waals surface area contributed by atoms with Crippen molar-refractivity contribution in [2.24, 2.45) is 4.99 Å². The number of hydrogen-bond acceptors (Lipinski definition) is 3. The van der Waals surface area contributed by atoms with Gasteiger partial charge in [0.05, 0.1) is 11.2 Å². The second-order valence-corrected chi connectivity index (χ2v) is 6.64. The first-order valence-corrected chi connectivity index (χ1v) is 7.81. The van der Waals surface area contributed by atoms with Crippen molar-refractivity contribution in [2.75, 3.05) is 6.54 Å². The van der Waals surface area contributed by atoms with Crippen LogP contribution in [0.15, 0.2) is 29.3 Å². The SMILES string of the molecule is CCCCN=Cc1ccc(B2OC(C)(C)C(C)(C)O2)cc1. The Labute approximate surface area is 128 Å². The van der Waals surface area contributed by atoms with Crippen molar-refractivity contribution < 1.29 is 9.31 Å². The quantitative estimate of drug-likeness (QED) is 0.473. The van der Waals surface area contributed by atoms with Gasteiger partial charge in [-0.15, -0.1) is 0 Å². The lowest BCUT2D eigenvalue weighted by molar-refractivity contribution is 0.00578. The minimum atomic E-state index is -0.294. The molecule has 1 heterocycles. The lowest BCUT2D eigenvalue weighted by Gasteiger charge is -2.32. The van der Waals surface area contributed by atoms with Crippen LogP contribution in [0.2, 0.25) is 0 Å². The van der Waals surface area contributed by atoms with E-state index in [-0.39, 0.29) is 18.3 Å². The highest BCUT2D eigenvalue weighted by molar-refractivity contribution is 6.62. The molecule has 1 aromatic rings. The Morgan fingerprint density at radius 1 is 1.05 bits per heavy atom. The first-order valence-electron chi connectivity index (χ1n) is 7.81. The molecule has 0 radical (unpaired) electrons. The summed E-state index contributed by atoms with van der Waals surface area (Å²) in [6.45, 7) is 11.4. The topological polar surface area (TPSA) is 30.8 Å². The second-order valence-electron chi connectivity index (χ2n) is 6.64. The fourth-order valence-electron chi connectivity index (χ4n) is 2.14. The smallest absolute Gasteiger partial charge is 0.399 e. The van der Waals surface area contributed by atoms with Gasteiger partial charge in [-0.05, 0) is 45.1 Å². The van der Waals surface area contributed by atoms with Gasteiger partial charge in [0.25, 0.3) is 0 Å². The van der Waals surface area contributed by atoms with Crippen LogP contribution in [0.25, 0.3) is 0 Å². The highest BCUT2D eigenvalue weighted by atomic mass is 16.7. The third kappa shape index (κ3) is 3.75. The van der Waals surface area contributed by atoms with Crippen molar-refractivity contribution in [1.82, 2.24) is 0 Å². The highest BCUT2D eigenvalue weighted by Crippen LogP contribution is 2.36. The van der Waals surface area contributed by atoms with E-state index in [1.807, 2.05) is 6.21 Å². The molecule has 1 aromatic carbocycles. The van der Waals surface area contributed by atoms with Crippen molar-refractivity contribution in [2.45, 2.75) is 58.7 Å². The van der Waals surface area contributed by atoms with Crippen LogP contribution < -0.4 is 5.46 Å². The molecule has 0 atom stereocenters. The molecule has 3 nitrogen and oxygen atoms in total. The van der Waals surface area contributed by atoms with Crippen molar-refractivity contribution in [1.29, 1.82) is 0 Å². The molecule has 0 bridgehead atoms. The predicted octanol–water partition coefficient (Wildman–Crippen LogP) is 3.20. The third-order valence-electron chi connectivity index (χ3n) is 4.34. The molecular weight excluding hydrogens is 261 g/mol. The van der Waals surface area contributed by atoms with E-state index < -0.39 is 0 Å². The first-order chi connectivity index (χ1) is 9.86. The molecule has 2 rings (SSSR count). The number of hydrogen-bond donors (Lipinski definition) is 0. The Hall–Kier alpha value is -1.13. The zero-order valence-corrected chi connectivity index (χ0v) is 13.8. The largest absolute Gasteiger partial charge is 0.494 e. The fraction of sp³-hybridized carbons (Fsp3) is 0.588.